The van der Waals surface area contributed by atoms with Gasteiger partial charge in [0, 0.05) is 13.6 Å². The van der Waals surface area contributed by atoms with Gasteiger partial charge in [0.2, 0.25) is 0 Å². The van der Waals surface area contributed by atoms with Gasteiger partial charge in [0.05, 0.1) is 12.1 Å². The summed E-state index contributed by atoms with van der Waals surface area (Å²) in [4.78, 5) is 13.5. The number of amides is 2. The summed E-state index contributed by atoms with van der Waals surface area (Å²) in [5, 5.41) is 12.3. The van der Waals surface area contributed by atoms with Crippen molar-refractivity contribution in [1.29, 1.82) is 0 Å². The molecule has 98 valence electrons. The second kappa shape index (κ2) is 5.40. The number of nitrogens with zero attached hydrogens (tertiary/aromatic N) is 1. The van der Waals surface area contributed by atoms with E-state index in [0.29, 0.717) is 6.54 Å². The van der Waals surface area contributed by atoms with Crippen molar-refractivity contribution in [3.05, 3.63) is 35.4 Å². The topological polar surface area (TPSA) is 52.6 Å². The molecule has 4 heteroatoms. The van der Waals surface area contributed by atoms with Gasteiger partial charge in [-0.15, -0.1) is 0 Å². The molecule has 2 rings (SSSR count). The first-order valence-corrected chi connectivity index (χ1v) is 6.35. The number of carbonyl (C=O) groups is 1. The molecule has 1 aliphatic carbocycles. The minimum Gasteiger partial charge on any atom is -0.392 e. The molecule has 0 saturated heterocycles. The van der Waals surface area contributed by atoms with E-state index in [9.17, 15) is 9.90 Å². The van der Waals surface area contributed by atoms with Gasteiger partial charge >= 0.3 is 6.03 Å². The van der Waals surface area contributed by atoms with Crippen LogP contribution >= 0.6 is 0 Å². The summed E-state index contributed by atoms with van der Waals surface area (Å²) in [6.07, 6.45) is 1.46. The molecule has 0 aliphatic heterocycles. The molecule has 2 unspecified atom stereocenters. The number of hydrogen-bond acceptors (Lipinski definition) is 2. The Bertz CT molecular complexity index is 432. The lowest BCUT2D eigenvalue weighted by molar-refractivity contribution is 0.142. The van der Waals surface area contributed by atoms with Gasteiger partial charge in [-0.05, 0) is 30.9 Å². The van der Waals surface area contributed by atoms with Gasteiger partial charge < -0.3 is 15.3 Å². The maximum Gasteiger partial charge on any atom is 0.317 e. The molecule has 18 heavy (non-hydrogen) atoms. The van der Waals surface area contributed by atoms with E-state index in [1.165, 1.54) is 16.0 Å². The van der Waals surface area contributed by atoms with Gasteiger partial charge in [0.1, 0.15) is 0 Å². The number of rotatable bonds is 3. The zero-order chi connectivity index (χ0) is 13.1. The molecule has 0 bridgehead atoms. The lowest BCUT2D eigenvalue weighted by Gasteiger charge is -2.22. The van der Waals surface area contributed by atoms with Crippen molar-refractivity contribution in [2.24, 2.45) is 0 Å². The number of aliphatic hydroxyl groups is 1. The SMILES string of the molecule is CC(O)CN(C)C(=O)NC1CCc2ccccc21. The second-order valence-electron chi connectivity index (χ2n) is 4.97. The first kappa shape index (κ1) is 12.9. The van der Waals surface area contributed by atoms with E-state index < -0.39 is 6.10 Å². The zero-order valence-electron chi connectivity index (χ0n) is 10.9. The summed E-state index contributed by atoms with van der Waals surface area (Å²) in [6, 6.07) is 8.19. The molecule has 1 aromatic carbocycles. The van der Waals surface area contributed by atoms with E-state index in [1.54, 1.807) is 14.0 Å². The molecule has 0 heterocycles. The Morgan fingerprint density at radius 2 is 2.28 bits per heavy atom. The third kappa shape index (κ3) is 2.82. The maximum atomic E-state index is 11.9. The molecule has 1 aliphatic rings. The van der Waals surface area contributed by atoms with Crippen molar-refractivity contribution < 1.29 is 9.90 Å². The van der Waals surface area contributed by atoms with Crippen molar-refractivity contribution in [2.75, 3.05) is 13.6 Å². The van der Waals surface area contributed by atoms with Crippen LogP contribution in [0, 0.1) is 0 Å². The molecule has 0 fully saturated rings. The van der Waals surface area contributed by atoms with Crippen LogP contribution in [0.3, 0.4) is 0 Å². The van der Waals surface area contributed by atoms with Crippen molar-refractivity contribution >= 4 is 6.03 Å². The highest BCUT2D eigenvalue weighted by Gasteiger charge is 2.24. The standard InChI is InChI=1S/C14H20N2O2/c1-10(17)9-16(2)14(18)15-13-8-7-11-5-3-4-6-12(11)13/h3-6,10,13,17H,7-9H2,1-2H3,(H,15,18). The Kier molecular flexibility index (Phi) is 3.87. The molecular formula is C14H20N2O2. The van der Waals surface area contributed by atoms with Crippen molar-refractivity contribution in [2.45, 2.75) is 31.9 Å². The highest BCUT2D eigenvalue weighted by Crippen LogP contribution is 2.30. The summed E-state index contributed by atoms with van der Waals surface area (Å²) < 4.78 is 0. The Morgan fingerprint density at radius 1 is 1.56 bits per heavy atom. The third-order valence-corrected chi connectivity index (χ3v) is 3.32. The lowest BCUT2D eigenvalue weighted by Crippen LogP contribution is -2.41. The third-order valence-electron chi connectivity index (χ3n) is 3.32. The van der Waals surface area contributed by atoms with Gasteiger partial charge in [-0.25, -0.2) is 4.79 Å². The highest BCUT2D eigenvalue weighted by molar-refractivity contribution is 5.74. The van der Waals surface area contributed by atoms with Crippen molar-refractivity contribution in [1.82, 2.24) is 10.2 Å². The summed E-state index contributed by atoms with van der Waals surface area (Å²) in [6.45, 7) is 2.02. The first-order chi connectivity index (χ1) is 8.58. The van der Waals surface area contributed by atoms with Crippen molar-refractivity contribution in [3.8, 4) is 0 Å². The van der Waals surface area contributed by atoms with Crippen LogP contribution in [-0.4, -0.2) is 35.7 Å². The predicted molar refractivity (Wildman–Crippen MR) is 70.3 cm³/mol. The normalized spacial score (nSPS) is 19.2. The number of urea groups is 1. The minimum absolute atomic E-state index is 0.102. The Hall–Kier alpha value is -1.55. The summed E-state index contributed by atoms with van der Waals surface area (Å²) in [5.74, 6) is 0. The fourth-order valence-electron chi connectivity index (χ4n) is 2.45. The maximum absolute atomic E-state index is 11.9. The number of likely N-dealkylation sites (N-methyl/N-ethyl adjacent to an activating group) is 1. The van der Waals surface area contributed by atoms with Gasteiger partial charge in [-0.2, -0.15) is 0 Å². The summed E-state index contributed by atoms with van der Waals surface area (Å²) in [5.41, 5.74) is 2.54. The van der Waals surface area contributed by atoms with Gasteiger partial charge in [-0.3, -0.25) is 0 Å². The Balaban J connectivity index is 1.97. The van der Waals surface area contributed by atoms with Crippen LogP contribution in [0.15, 0.2) is 24.3 Å². The van der Waals surface area contributed by atoms with E-state index in [-0.39, 0.29) is 12.1 Å². The molecule has 2 N–H and O–H groups in total. The van der Waals surface area contributed by atoms with Crippen LogP contribution in [-0.2, 0) is 6.42 Å². The van der Waals surface area contributed by atoms with Crippen LogP contribution in [0.4, 0.5) is 4.79 Å². The van der Waals surface area contributed by atoms with Crippen LogP contribution in [0.5, 0.6) is 0 Å². The quantitative estimate of drug-likeness (QED) is 0.855. The number of fused-ring (bicyclic) bond motifs is 1. The molecule has 0 aromatic heterocycles. The Morgan fingerprint density at radius 3 is 3.00 bits per heavy atom. The van der Waals surface area contributed by atoms with E-state index in [0.717, 1.165) is 12.8 Å². The molecule has 0 radical (unpaired) electrons. The lowest BCUT2D eigenvalue weighted by atomic mass is 10.1. The van der Waals surface area contributed by atoms with E-state index in [2.05, 4.69) is 17.4 Å². The molecule has 4 nitrogen and oxygen atoms in total. The number of aryl methyl sites for hydroxylation is 1. The average Bonchev–Trinajstić information content (AvgIpc) is 2.72. The summed E-state index contributed by atoms with van der Waals surface area (Å²) in [7, 11) is 1.70. The number of hydrogen-bond donors (Lipinski definition) is 2. The number of nitrogens with one attached hydrogen (secondary N) is 1. The van der Waals surface area contributed by atoms with Crippen molar-refractivity contribution in [3.63, 3.8) is 0 Å². The number of benzene rings is 1. The molecule has 2 atom stereocenters. The second-order valence-corrected chi connectivity index (χ2v) is 4.97. The smallest absolute Gasteiger partial charge is 0.317 e. The van der Waals surface area contributed by atoms with E-state index in [4.69, 9.17) is 0 Å². The largest absolute Gasteiger partial charge is 0.392 e. The highest BCUT2D eigenvalue weighted by atomic mass is 16.3. The van der Waals surface area contributed by atoms with Gasteiger partial charge in [-0.1, -0.05) is 24.3 Å². The van der Waals surface area contributed by atoms with Crippen LogP contribution in [0.2, 0.25) is 0 Å². The van der Waals surface area contributed by atoms with Crippen LogP contribution in [0.25, 0.3) is 0 Å². The molecule has 2 amide bonds. The minimum atomic E-state index is -0.503. The van der Waals surface area contributed by atoms with Crippen LogP contribution < -0.4 is 5.32 Å². The molecule has 0 spiro atoms. The monoisotopic (exact) mass is 248 g/mol. The Labute approximate surface area is 108 Å². The zero-order valence-corrected chi connectivity index (χ0v) is 10.9. The summed E-state index contributed by atoms with van der Waals surface area (Å²) >= 11 is 0. The fraction of sp³-hybridized carbons (Fsp3) is 0.500. The van der Waals surface area contributed by atoms with Crippen LogP contribution in [0.1, 0.15) is 30.5 Å². The first-order valence-electron chi connectivity index (χ1n) is 6.35. The average molecular weight is 248 g/mol. The molecular weight excluding hydrogens is 228 g/mol. The number of carbonyl (C=O) groups excluding carboxylic acids is 1. The van der Waals surface area contributed by atoms with Gasteiger partial charge in [0.15, 0.2) is 0 Å². The van der Waals surface area contributed by atoms with E-state index in [1.807, 2.05) is 12.1 Å². The van der Waals surface area contributed by atoms with Gasteiger partial charge in [0.25, 0.3) is 0 Å². The predicted octanol–water partition coefficient (Wildman–Crippen LogP) is 1.70. The molecule has 1 aromatic rings. The number of aliphatic hydroxyl groups excluding tert-OH is 1. The van der Waals surface area contributed by atoms with E-state index >= 15 is 0 Å². The fourth-order valence-corrected chi connectivity index (χ4v) is 2.45. The molecule has 0 saturated carbocycles.